The highest BCUT2D eigenvalue weighted by Gasteiger charge is 2.43. The van der Waals surface area contributed by atoms with E-state index >= 15 is 0 Å². The van der Waals surface area contributed by atoms with Crippen LogP contribution in [0.4, 0.5) is 0 Å². The smallest absolute Gasteiger partial charge is 0.181 e. The standard InChI is InChI=1S/C54H38N2Si/c1-6-19-39(20-7-1)40-33-35-52-48(37-40)47-30-18-32-53(57(43-23-10-3-11-24-43,44-25-12-4-13-26-44)45-27-14-5-15-28-45)54(47)56(52)42-34-36-51-49(38-42)46-29-16-17-31-50(46)55(51)41-21-8-2-9-22-41/h1-38H. The van der Waals surface area contributed by atoms with Gasteiger partial charge in [-0.25, -0.2) is 0 Å². The van der Waals surface area contributed by atoms with E-state index in [1.165, 1.54) is 75.5 Å². The molecule has 0 fully saturated rings. The maximum absolute atomic E-state index is 2.93. The minimum absolute atomic E-state index is 1.15. The van der Waals surface area contributed by atoms with Crippen molar-refractivity contribution in [3.63, 3.8) is 0 Å². The number of para-hydroxylation sites is 3. The van der Waals surface area contributed by atoms with Gasteiger partial charge >= 0.3 is 0 Å². The van der Waals surface area contributed by atoms with Crippen molar-refractivity contribution in [2.24, 2.45) is 0 Å². The zero-order valence-electron chi connectivity index (χ0n) is 31.3. The summed E-state index contributed by atoms with van der Waals surface area (Å²) in [5.41, 5.74) is 9.59. The van der Waals surface area contributed by atoms with E-state index in [-0.39, 0.29) is 0 Å². The Bertz CT molecular complexity index is 3110. The minimum Gasteiger partial charge on any atom is -0.309 e. The fourth-order valence-corrected chi connectivity index (χ4v) is 14.4. The van der Waals surface area contributed by atoms with Crippen LogP contribution in [0.5, 0.6) is 0 Å². The Labute approximate surface area is 333 Å². The summed E-state index contributed by atoms with van der Waals surface area (Å²) in [6, 6.07) is 85.3. The molecule has 3 heteroatoms. The third kappa shape index (κ3) is 5.17. The maximum atomic E-state index is 2.57. The van der Waals surface area contributed by atoms with Crippen molar-refractivity contribution < 1.29 is 0 Å². The summed E-state index contributed by atoms with van der Waals surface area (Å²) in [6.07, 6.45) is 0. The lowest BCUT2D eigenvalue weighted by atomic mass is 10.0. The van der Waals surface area contributed by atoms with Gasteiger partial charge < -0.3 is 9.13 Å². The Kier molecular flexibility index (Phi) is 7.87. The second-order valence-electron chi connectivity index (χ2n) is 14.9. The molecule has 0 spiro atoms. The van der Waals surface area contributed by atoms with Crippen LogP contribution in [0.25, 0.3) is 66.1 Å². The molecule has 2 aromatic heterocycles. The van der Waals surface area contributed by atoms with Crippen LogP contribution >= 0.6 is 0 Å². The summed E-state index contributed by atoms with van der Waals surface area (Å²) < 4.78 is 4.97. The third-order valence-corrected chi connectivity index (χ3v) is 16.7. The number of aromatic nitrogens is 2. The molecule has 2 nitrogen and oxygen atoms in total. The van der Waals surface area contributed by atoms with Gasteiger partial charge in [0.25, 0.3) is 0 Å². The van der Waals surface area contributed by atoms with Crippen LogP contribution in [0.3, 0.4) is 0 Å². The van der Waals surface area contributed by atoms with E-state index in [9.17, 15) is 0 Å². The van der Waals surface area contributed by atoms with Crippen LogP contribution in [0.1, 0.15) is 0 Å². The SMILES string of the molecule is c1ccc(-c2ccc3c(c2)c2cccc([Si](c4ccccc4)(c4ccccc4)c4ccccc4)c2n3-c2ccc3c(c2)c2ccccc2n3-c2ccccc2)cc1. The molecule has 0 amide bonds. The van der Waals surface area contributed by atoms with Gasteiger partial charge in [-0.05, 0) is 80.4 Å². The van der Waals surface area contributed by atoms with Gasteiger partial charge in [-0.15, -0.1) is 0 Å². The largest absolute Gasteiger partial charge is 0.309 e. The van der Waals surface area contributed by atoms with E-state index in [4.69, 9.17) is 0 Å². The van der Waals surface area contributed by atoms with Gasteiger partial charge in [0, 0.05) is 32.9 Å². The number of nitrogens with zero attached hydrogens (tertiary/aromatic N) is 2. The molecular formula is C54H38N2Si. The average Bonchev–Trinajstić information content (AvgIpc) is 3.81. The summed E-state index contributed by atoms with van der Waals surface area (Å²) in [4.78, 5) is 0. The molecule has 0 saturated heterocycles. The first kappa shape index (κ1) is 33.2. The number of hydrogen-bond acceptors (Lipinski definition) is 0. The van der Waals surface area contributed by atoms with Gasteiger partial charge in [0.15, 0.2) is 8.07 Å². The zero-order chi connectivity index (χ0) is 37.8. The lowest BCUT2D eigenvalue weighted by Crippen LogP contribution is -2.75. The van der Waals surface area contributed by atoms with Gasteiger partial charge in [0.1, 0.15) is 0 Å². The zero-order valence-corrected chi connectivity index (χ0v) is 32.3. The minimum atomic E-state index is -2.93. The average molecular weight is 743 g/mol. The van der Waals surface area contributed by atoms with Gasteiger partial charge in [-0.3, -0.25) is 0 Å². The van der Waals surface area contributed by atoms with Crippen molar-refractivity contribution in [3.05, 3.63) is 231 Å². The van der Waals surface area contributed by atoms with Crippen molar-refractivity contribution >= 4 is 72.4 Å². The van der Waals surface area contributed by atoms with Crippen LogP contribution in [0.15, 0.2) is 231 Å². The first-order valence-corrected chi connectivity index (χ1v) is 21.7. The number of fused-ring (bicyclic) bond motifs is 6. The van der Waals surface area contributed by atoms with E-state index in [1.807, 2.05) is 0 Å². The van der Waals surface area contributed by atoms with Gasteiger partial charge in [0.2, 0.25) is 0 Å². The van der Waals surface area contributed by atoms with Crippen LogP contribution in [-0.2, 0) is 0 Å². The maximum Gasteiger partial charge on any atom is 0.181 e. The predicted molar refractivity (Wildman–Crippen MR) is 244 cm³/mol. The molecule has 0 bridgehead atoms. The van der Waals surface area contributed by atoms with Gasteiger partial charge in [-0.1, -0.05) is 182 Å². The number of benzene rings is 9. The molecule has 11 rings (SSSR count). The van der Waals surface area contributed by atoms with E-state index in [2.05, 4.69) is 240 Å². The molecule has 57 heavy (non-hydrogen) atoms. The van der Waals surface area contributed by atoms with Crippen LogP contribution in [0.2, 0.25) is 0 Å². The fraction of sp³-hybridized carbons (Fsp3) is 0. The van der Waals surface area contributed by atoms with Gasteiger partial charge in [-0.2, -0.15) is 0 Å². The highest BCUT2D eigenvalue weighted by molar-refractivity contribution is 7.20. The first-order chi connectivity index (χ1) is 28.3. The second-order valence-corrected chi connectivity index (χ2v) is 18.6. The molecule has 0 saturated carbocycles. The Morgan fingerprint density at radius 3 is 1.42 bits per heavy atom. The van der Waals surface area contributed by atoms with Crippen molar-refractivity contribution in [3.8, 4) is 22.5 Å². The highest BCUT2D eigenvalue weighted by Crippen LogP contribution is 2.38. The van der Waals surface area contributed by atoms with Crippen molar-refractivity contribution in [1.82, 2.24) is 9.13 Å². The predicted octanol–water partition coefficient (Wildman–Crippen LogP) is 10.9. The molecule has 11 aromatic rings. The van der Waals surface area contributed by atoms with Crippen molar-refractivity contribution in [2.75, 3.05) is 0 Å². The normalized spacial score (nSPS) is 11.9. The first-order valence-electron chi connectivity index (χ1n) is 19.7. The summed E-state index contributed by atoms with van der Waals surface area (Å²) in [6.45, 7) is 0. The summed E-state index contributed by atoms with van der Waals surface area (Å²) in [7, 11) is -2.93. The fourth-order valence-electron chi connectivity index (χ4n) is 9.44. The Morgan fingerprint density at radius 2 is 0.772 bits per heavy atom. The van der Waals surface area contributed by atoms with E-state index < -0.39 is 8.07 Å². The summed E-state index contributed by atoms with van der Waals surface area (Å²) >= 11 is 0. The summed E-state index contributed by atoms with van der Waals surface area (Å²) in [5.74, 6) is 0. The molecule has 0 aliphatic heterocycles. The van der Waals surface area contributed by atoms with Gasteiger partial charge in [0.05, 0.1) is 22.1 Å². The Morgan fingerprint density at radius 1 is 0.281 bits per heavy atom. The van der Waals surface area contributed by atoms with E-state index in [0.29, 0.717) is 0 Å². The van der Waals surface area contributed by atoms with E-state index in [1.54, 1.807) is 0 Å². The van der Waals surface area contributed by atoms with Crippen molar-refractivity contribution in [2.45, 2.75) is 0 Å². The number of hydrogen-bond donors (Lipinski definition) is 0. The third-order valence-electron chi connectivity index (χ3n) is 11.8. The quantitative estimate of drug-likeness (QED) is 0.114. The molecule has 268 valence electrons. The van der Waals surface area contributed by atoms with Crippen molar-refractivity contribution in [1.29, 1.82) is 0 Å². The molecule has 2 heterocycles. The molecule has 0 atom stereocenters. The monoisotopic (exact) mass is 742 g/mol. The molecule has 0 N–H and O–H groups in total. The highest BCUT2D eigenvalue weighted by atomic mass is 28.3. The molecule has 0 radical (unpaired) electrons. The molecule has 0 aliphatic carbocycles. The second kappa shape index (κ2) is 13.5. The van der Waals surface area contributed by atoms with E-state index in [0.717, 1.165) is 11.4 Å². The lowest BCUT2D eigenvalue weighted by Gasteiger charge is -2.35. The van der Waals surface area contributed by atoms with Crippen LogP contribution in [0, 0.1) is 0 Å². The molecular weight excluding hydrogens is 705 g/mol. The van der Waals surface area contributed by atoms with Crippen LogP contribution < -0.4 is 20.7 Å². The topological polar surface area (TPSA) is 9.86 Å². The molecule has 0 aliphatic rings. The molecule has 0 unspecified atom stereocenters. The Balaban J connectivity index is 1.30. The molecule has 9 aromatic carbocycles. The van der Waals surface area contributed by atoms with Crippen LogP contribution in [-0.4, -0.2) is 17.2 Å². The number of rotatable bonds is 7. The summed E-state index contributed by atoms with van der Waals surface area (Å²) in [5, 5.41) is 10.4. The lowest BCUT2D eigenvalue weighted by molar-refractivity contribution is 1.17. The Hall–Kier alpha value is -7.20.